The van der Waals surface area contributed by atoms with Crippen molar-refractivity contribution in [1.29, 1.82) is 0 Å². The van der Waals surface area contributed by atoms with Crippen LogP contribution in [0.5, 0.6) is 0 Å². The van der Waals surface area contributed by atoms with Crippen LogP contribution in [0.15, 0.2) is 23.4 Å². The standard InChI is InChI=1S/C14H25NO2S/c1-2-3-4-5-6-7-8-9-13-18(16,17)14-11-10-12-15-14/h10-12,15H,2-9,13H2,1H3. The van der Waals surface area contributed by atoms with Crippen LogP contribution in [0.1, 0.15) is 58.3 Å². The zero-order valence-corrected chi connectivity index (χ0v) is 12.1. The lowest BCUT2D eigenvalue weighted by Gasteiger charge is -2.03. The summed E-state index contributed by atoms with van der Waals surface area (Å²) in [5.74, 6) is 0.266. The van der Waals surface area contributed by atoms with Crippen LogP contribution in [-0.2, 0) is 9.84 Å². The van der Waals surface area contributed by atoms with Crippen molar-refractivity contribution in [2.24, 2.45) is 0 Å². The van der Waals surface area contributed by atoms with E-state index in [1.165, 1.54) is 32.1 Å². The molecule has 0 atom stereocenters. The van der Waals surface area contributed by atoms with Crippen LogP contribution in [0, 0.1) is 0 Å². The van der Waals surface area contributed by atoms with Crippen molar-refractivity contribution < 1.29 is 8.42 Å². The molecule has 0 spiro atoms. The average molecular weight is 271 g/mol. The fraction of sp³-hybridized carbons (Fsp3) is 0.714. The molecule has 0 radical (unpaired) electrons. The first-order valence-corrected chi connectivity index (χ1v) is 8.68. The number of unbranched alkanes of at least 4 members (excludes halogenated alkanes) is 7. The van der Waals surface area contributed by atoms with Gasteiger partial charge in [0.15, 0.2) is 9.84 Å². The van der Waals surface area contributed by atoms with Crippen LogP contribution in [0.25, 0.3) is 0 Å². The molecule has 0 fully saturated rings. The van der Waals surface area contributed by atoms with Gasteiger partial charge in [0.05, 0.1) is 5.75 Å². The molecule has 1 aromatic heterocycles. The molecule has 104 valence electrons. The van der Waals surface area contributed by atoms with E-state index in [2.05, 4.69) is 11.9 Å². The molecule has 1 N–H and O–H groups in total. The second-order valence-electron chi connectivity index (χ2n) is 4.83. The number of aromatic amines is 1. The van der Waals surface area contributed by atoms with Crippen LogP contribution in [0.4, 0.5) is 0 Å². The van der Waals surface area contributed by atoms with E-state index in [1.807, 2.05) is 0 Å². The fourth-order valence-corrected chi connectivity index (χ4v) is 3.38. The van der Waals surface area contributed by atoms with E-state index in [-0.39, 0.29) is 5.75 Å². The van der Waals surface area contributed by atoms with Crippen molar-refractivity contribution >= 4 is 9.84 Å². The molecule has 0 saturated carbocycles. The maximum Gasteiger partial charge on any atom is 0.193 e. The molecule has 0 amide bonds. The molecule has 0 bridgehead atoms. The largest absolute Gasteiger partial charge is 0.352 e. The Balaban J connectivity index is 2.08. The summed E-state index contributed by atoms with van der Waals surface area (Å²) in [4.78, 5) is 2.76. The van der Waals surface area contributed by atoms with Gasteiger partial charge >= 0.3 is 0 Å². The van der Waals surface area contributed by atoms with Crippen molar-refractivity contribution in [3.63, 3.8) is 0 Å². The summed E-state index contributed by atoms with van der Waals surface area (Å²) in [5, 5.41) is 0.352. The predicted octanol–water partition coefficient (Wildman–Crippen LogP) is 3.93. The Bertz CT molecular complexity index is 395. The Morgan fingerprint density at radius 3 is 2.17 bits per heavy atom. The first kappa shape index (κ1) is 15.3. The minimum absolute atomic E-state index is 0.266. The molecule has 1 rings (SSSR count). The molecule has 0 aromatic carbocycles. The zero-order valence-electron chi connectivity index (χ0n) is 11.3. The van der Waals surface area contributed by atoms with Gasteiger partial charge in [-0.3, -0.25) is 0 Å². The molecular weight excluding hydrogens is 246 g/mol. The van der Waals surface area contributed by atoms with Crippen LogP contribution < -0.4 is 0 Å². The summed E-state index contributed by atoms with van der Waals surface area (Å²) in [6.45, 7) is 2.21. The molecule has 3 nitrogen and oxygen atoms in total. The second kappa shape index (κ2) is 8.35. The van der Waals surface area contributed by atoms with Gasteiger partial charge in [-0.1, -0.05) is 51.9 Å². The monoisotopic (exact) mass is 271 g/mol. The molecule has 0 aliphatic rings. The van der Waals surface area contributed by atoms with Crippen LogP contribution in [-0.4, -0.2) is 19.2 Å². The van der Waals surface area contributed by atoms with E-state index >= 15 is 0 Å². The number of H-pyrrole nitrogens is 1. The molecule has 0 aliphatic carbocycles. The van der Waals surface area contributed by atoms with Crippen LogP contribution in [0.2, 0.25) is 0 Å². The lowest BCUT2D eigenvalue weighted by Crippen LogP contribution is -2.07. The summed E-state index contributed by atoms with van der Waals surface area (Å²) >= 11 is 0. The molecule has 4 heteroatoms. The third-order valence-electron chi connectivity index (χ3n) is 3.17. The van der Waals surface area contributed by atoms with E-state index in [1.54, 1.807) is 18.3 Å². The van der Waals surface area contributed by atoms with E-state index in [0.29, 0.717) is 5.03 Å². The highest BCUT2D eigenvalue weighted by Crippen LogP contribution is 2.12. The summed E-state index contributed by atoms with van der Waals surface area (Å²) in [5.41, 5.74) is 0. The predicted molar refractivity (Wildman–Crippen MR) is 75.5 cm³/mol. The average Bonchev–Trinajstić information content (AvgIpc) is 2.87. The highest BCUT2D eigenvalue weighted by atomic mass is 32.2. The quantitative estimate of drug-likeness (QED) is 0.655. The molecule has 1 heterocycles. The fourth-order valence-electron chi connectivity index (χ4n) is 2.04. The Hall–Kier alpha value is -0.770. The van der Waals surface area contributed by atoms with Gasteiger partial charge in [-0.15, -0.1) is 0 Å². The van der Waals surface area contributed by atoms with Crippen molar-refractivity contribution in [2.45, 2.75) is 63.3 Å². The van der Waals surface area contributed by atoms with Gasteiger partial charge in [-0.05, 0) is 18.6 Å². The van der Waals surface area contributed by atoms with Gasteiger partial charge < -0.3 is 4.98 Å². The van der Waals surface area contributed by atoms with E-state index in [4.69, 9.17) is 0 Å². The minimum Gasteiger partial charge on any atom is -0.352 e. The molecule has 1 aromatic rings. The lowest BCUT2D eigenvalue weighted by atomic mass is 10.1. The normalized spacial score (nSPS) is 11.8. The first-order valence-electron chi connectivity index (χ1n) is 7.03. The molecule has 0 aliphatic heterocycles. The highest BCUT2D eigenvalue weighted by Gasteiger charge is 2.13. The maximum atomic E-state index is 11.8. The van der Waals surface area contributed by atoms with Gasteiger partial charge in [-0.2, -0.15) is 0 Å². The zero-order chi connectivity index (χ0) is 13.3. The third kappa shape index (κ3) is 5.71. The topological polar surface area (TPSA) is 49.9 Å². The number of rotatable bonds is 10. The molecule has 18 heavy (non-hydrogen) atoms. The van der Waals surface area contributed by atoms with Gasteiger partial charge in [0, 0.05) is 6.20 Å². The van der Waals surface area contributed by atoms with Crippen molar-refractivity contribution in [3.05, 3.63) is 18.3 Å². The SMILES string of the molecule is CCCCCCCCCCS(=O)(=O)c1ccc[nH]1. The van der Waals surface area contributed by atoms with Crippen LogP contribution >= 0.6 is 0 Å². The maximum absolute atomic E-state index is 11.8. The van der Waals surface area contributed by atoms with Crippen molar-refractivity contribution in [1.82, 2.24) is 4.98 Å². The number of aromatic nitrogens is 1. The van der Waals surface area contributed by atoms with Crippen molar-refractivity contribution in [3.8, 4) is 0 Å². The molecular formula is C14H25NO2S. The Kier molecular flexibility index (Phi) is 7.09. The highest BCUT2D eigenvalue weighted by molar-refractivity contribution is 7.91. The second-order valence-corrected chi connectivity index (χ2v) is 6.91. The summed E-state index contributed by atoms with van der Waals surface area (Å²) in [6, 6.07) is 3.35. The Labute approximate surface area is 111 Å². The van der Waals surface area contributed by atoms with E-state index < -0.39 is 9.84 Å². The van der Waals surface area contributed by atoms with Gasteiger partial charge in [0.1, 0.15) is 5.03 Å². The first-order chi connectivity index (χ1) is 8.67. The summed E-state index contributed by atoms with van der Waals surface area (Å²) in [7, 11) is -3.07. The summed E-state index contributed by atoms with van der Waals surface area (Å²) < 4.78 is 23.7. The Morgan fingerprint density at radius 1 is 1.00 bits per heavy atom. The van der Waals surface area contributed by atoms with Gasteiger partial charge in [0.25, 0.3) is 0 Å². The Morgan fingerprint density at radius 2 is 1.61 bits per heavy atom. The third-order valence-corrected chi connectivity index (χ3v) is 4.92. The van der Waals surface area contributed by atoms with Gasteiger partial charge in [0.2, 0.25) is 0 Å². The smallest absolute Gasteiger partial charge is 0.193 e. The number of hydrogen-bond acceptors (Lipinski definition) is 2. The molecule has 0 unspecified atom stereocenters. The van der Waals surface area contributed by atoms with E-state index in [9.17, 15) is 8.42 Å². The number of hydrogen-bond donors (Lipinski definition) is 1. The van der Waals surface area contributed by atoms with Gasteiger partial charge in [-0.25, -0.2) is 8.42 Å². The number of nitrogens with one attached hydrogen (secondary N) is 1. The van der Waals surface area contributed by atoms with E-state index in [0.717, 1.165) is 19.3 Å². The molecule has 0 saturated heterocycles. The van der Waals surface area contributed by atoms with Crippen molar-refractivity contribution in [2.75, 3.05) is 5.75 Å². The minimum atomic E-state index is -3.07. The lowest BCUT2D eigenvalue weighted by molar-refractivity contribution is 0.571. The summed E-state index contributed by atoms with van der Waals surface area (Å²) in [6.07, 6.45) is 11.0. The van der Waals surface area contributed by atoms with Crippen LogP contribution in [0.3, 0.4) is 0 Å². The number of sulfone groups is 1.